The second-order valence-corrected chi connectivity index (χ2v) is 7.94. The molecule has 166 valence electrons. The normalized spacial score (nSPS) is 21.0. The molecule has 1 saturated heterocycles. The van der Waals surface area contributed by atoms with E-state index >= 15 is 0 Å². The molecule has 2 atom stereocenters. The van der Waals surface area contributed by atoms with Crippen LogP contribution in [0, 0.1) is 18.1 Å². The number of aromatic nitrogens is 1. The molecule has 1 aromatic carbocycles. The maximum absolute atomic E-state index is 12.6. The molecule has 2 unspecified atom stereocenters. The number of Topliss-reactive ketones (excluding diaryl/α,β-unsaturated/α-hetero) is 1. The van der Waals surface area contributed by atoms with E-state index in [-0.39, 0.29) is 23.8 Å². The fourth-order valence-electron chi connectivity index (χ4n) is 4.47. The predicted octanol–water partition coefficient (Wildman–Crippen LogP) is 2.33. The number of likely N-dealkylation sites (tertiary alicyclic amines) is 1. The van der Waals surface area contributed by atoms with Crippen LogP contribution in [0.2, 0.25) is 0 Å². The zero-order valence-corrected chi connectivity index (χ0v) is 17.5. The molecule has 1 aliphatic carbocycles. The number of ketones is 1. The molecule has 1 aliphatic heterocycles. The molecular formula is C23H28N2O6. The predicted molar refractivity (Wildman–Crippen MR) is 113 cm³/mol. The Bertz CT molecular complexity index is 915. The smallest absolute Gasteiger partial charge is 0.204 e. The Balaban J connectivity index is 0.000000401. The number of aliphatic hydroxyl groups is 1. The lowest BCUT2D eigenvalue weighted by atomic mass is 9.83. The van der Waals surface area contributed by atoms with Crippen molar-refractivity contribution in [1.29, 1.82) is 0 Å². The average molecular weight is 428 g/mol. The van der Waals surface area contributed by atoms with Gasteiger partial charge in [-0.2, -0.15) is 10.5 Å². The highest BCUT2D eigenvalue weighted by Crippen LogP contribution is 2.29. The third kappa shape index (κ3) is 5.87. The van der Waals surface area contributed by atoms with Crippen LogP contribution in [0.15, 0.2) is 42.7 Å². The van der Waals surface area contributed by atoms with E-state index in [1.165, 1.54) is 23.3 Å². The van der Waals surface area contributed by atoms with Crippen molar-refractivity contribution in [3.05, 3.63) is 59.4 Å². The molecule has 3 N–H and O–H groups in total. The van der Waals surface area contributed by atoms with Crippen LogP contribution < -0.4 is 0 Å². The summed E-state index contributed by atoms with van der Waals surface area (Å²) in [4.78, 5) is 21.3. The molecule has 2 heterocycles. The molecule has 0 saturated carbocycles. The monoisotopic (exact) mass is 428 g/mol. The van der Waals surface area contributed by atoms with Gasteiger partial charge < -0.3 is 9.67 Å². The van der Waals surface area contributed by atoms with Crippen LogP contribution in [0.3, 0.4) is 0 Å². The molecular weight excluding hydrogens is 400 g/mol. The van der Waals surface area contributed by atoms with Crippen LogP contribution in [0.1, 0.15) is 34.3 Å². The first kappa shape index (κ1) is 22.8. The van der Waals surface area contributed by atoms with Crippen LogP contribution in [0.5, 0.6) is 0 Å². The van der Waals surface area contributed by atoms with E-state index in [4.69, 9.17) is 10.5 Å². The van der Waals surface area contributed by atoms with Gasteiger partial charge >= 0.3 is 0 Å². The summed E-state index contributed by atoms with van der Waals surface area (Å²) >= 11 is 0. The van der Waals surface area contributed by atoms with Gasteiger partial charge in [0.15, 0.2) is 5.78 Å². The molecule has 2 aliphatic rings. The largest absolute Gasteiger partial charge is 0.391 e. The third-order valence-corrected chi connectivity index (χ3v) is 6.04. The Morgan fingerprint density at radius 1 is 1.03 bits per heavy atom. The highest BCUT2D eigenvalue weighted by Gasteiger charge is 2.35. The highest BCUT2D eigenvalue weighted by molar-refractivity contribution is 5.97. The van der Waals surface area contributed by atoms with Gasteiger partial charge in [0.2, 0.25) is 12.2 Å². The van der Waals surface area contributed by atoms with Gasteiger partial charge in [-0.3, -0.25) is 19.5 Å². The van der Waals surface area contributed by atoms with Crippen molar-refractivity contribution in [3.8, 4) is 12.2 Å². The Morgan fingerprint density at radius 3 is 2.19 bits per heavy atom. The lowest BCUT2D eigenvalue weighted by molar-refractivity contribution is -0.188. The Morgan fingerprint density at radius 2 is 1.65 bits per heavy atom. The van der Waals surface area contributed by atoms with Crippen LogP contribution in [0.4, 0.5) is 0 Å². The molecule has 4 rings (SSSR count). The van der Waals surface area contributed by atoms with Gasteiger partial charge in [0.1, 0.15) is 0 Å². The topological polar surface area (TPSA) is 104 Å². The summed E-state index contributed by atoms with van der Waals surface area (Å²) in [6.07, 6.45) is 10.0. The first-order valence-electron chi connectivity index (χ1n) is 10.3. The number of nitrogens with zero attached hydrogens (tertiary/aromatic N) is 2. The second-order valence-electron chi connectivity index (χ2n) is 7.94. The minimum Gasteiger partial charge on any atom is -0.391 e. The maximum Gasteiger partial charge on any atom is 0.204 e. The number of aliphatic hydroxyl groups excluding tert-OH is 1. The standard InChI is InChI=1S/C21H26N2O2.C2H2O4/c1-22-9-6-18(14-22)21(25)15-7-10-23(11-8-15)19-12-16-4-2-3-5-17(16)13-20(19)24;3-5-1-2-6-4/h2-6,9,14-15,19-20,24H,7-8,10-13H2,1H3;3-4H. The third-order valence-electron chi connectivity index (χ3n) is 6.04. The van der Waals surface area contributed by atoms with Gasteiger partial charge in [0.25, 0.3) is 0 Å². The van der Waals surface area contributed by atoms with Crippen molar-refractivity contribution in [3.63, 3.8) is 0 Å². The van der Waals surface area contributed by atoms with E-state index in [1.807, 2.05) is 36.1 Å². The lowest BCUT2D eigenvalue weighted by Crippen LogP contribution is -2.51. The van der Waals surface area contributed by atoms with Crippen LogP contribution in [0.25, 0.3) is 0 Å². The molecule has 0 spiro atoms. The summed E-state index contributed by atoms with van der Waals surface area (Å²) in [5.74, 6) is 0.390. The molecule has 8 nitrogen and oxygen atoms in total. The summed E-state index contributed by atoms with van der Waals surface area (Å²) in [7, 11) is 1.95. The number of benzene rings is 1. The zero-order valence-electron chi connectivity index (χ0n) is 17.5. The second kappa shape index (κ2) is 11.0. The first-order valence-corrected chi connectivity index (χ1v) is 10.3. The number of carbonyl (C=O) groups excluding carboxylic acids is 1. The molecule has 0 amide bonds. The number of rotatable bonds is 3. The molecule has 8 heteroatoms. The Hall–Kier alpha value is -2.83. The number of carbonyl (C=O) groups is 1. The average Bonchev–Trinajstić information content (AvgIpc) is 3.23. The molecule has 1 aromatic heterocycles. The molecule has 0 radical (unpaired) electrons. The minimum absolute atomic E-state index is 0.117. The molecule has 0 bridgehead atoms. The number of hydrogen-bond acceptors (Lipinski definition) is 7. The zero-order chi connectivity index (χ0) is 22.2. The molecule has 2 aromatic rings. The van der Waals surface area contributed by atoms with Gasteiger partial charge in [0.05, 0.1) is 6.10 Å². The van der Waals surface area contributed by atoms with E-state index < -0.39 is 0 Å². The van der Waals surface area contributed by atoms with Crippen molar-refractivity contribution < 1.29 is 30.2 Å². The first-order chi connectivity index (χ1) is 15.0. The van der Waals surface area contributed by atoms with Crippen molar-refractivity contribution in [2.45, 2.75) is 37.8 Å². The highest BCUT2D eigenvalue weighted by atomic mass is 17.1. The summed E-state index contributed by atoms with van der Waals surface area (Å²) in [6.45, 7) is 1.79. The fourth-order valence-corrected chi connectivity index (χ4v) is 4.47. The van der Waals surface area contributed by atoms with E-state index in [1.54, 1.807) is 0 Å². The van der Waals surface area contributed by atoms with Gasteiger partial charge in [-0.1, -0.05) is 24.3 Å². The van der Waals surface area contributed by atoms with Crippen LogP contribution in [-0.2, 0) is 29.7 Å². The van der Waals surface area contributed by atoms with E-state index in [0.717, 1.165) is 44.3 Å². The summed E-state index contributed by atoms with van der Waals surface area (Å²) in [5.41, 5.74) is 3.47. The number of aryl methyl sites for hydroxylation is 1. The van der Waals surface area contributed by atoms with Gasteiger partial charge in [-0.05, 0) is 49.5 Å². The SMILES string of the molecule is Cn1ccc(C(=O)C2CCN(C3Cc4ccccc4CC3O)CC2)c1.OOC#COO. The number of piperidine rings is 1. The summed E-state index contributed by atoms with van der Waals surface area (Å²) < 4.78 is 1.93. The summed E-state index contributed by atoms with van der Waals surface area (Å²) in [5, 5.41) is 25.3. The summed E-state index contributed by atoms with van der Waals surface area (Å²) in [6, 6.07) is 10.5. The van der Waals surface area contributed by atoms with Crippen molar-refractivity contribution in [1.82, 2.24) is 9.47 Å². The van der Waals surface area contributed by atoms with Gasteiger partial charge in [0, 0.05) is 43.4 Å². The number of hydrogen-bond donors (Lipinski definition) is 3. The Labute approximate surface area is 181 Å². The van der Waals surface area contributed by atoms with Gasteiger partial charge in [-0.15, -0.1) is 0 Å². The molecule has 1 fully saturated rings. The number of fused-ring (bicyclic) bond motifs is 1. The Kier molecular flexibility index (Phi) is 8.09. The van der Waals surface area contributed by atoms with Gasteiger partial charge in [-0.25, -0.2) is 0 Å². The fraction of sp³-hybridized carbons (Fsp3) is 0.435. The van der Waals surface area contributed by atoms with E-state index in [0.29, 0.717) is 0 Å². The quantitative estimate of drug-likeness (QED) is 0.298. The molecule has 31 heavy (non-hydrogen) atoms. The minimum atomic E-state index is -0.309. The van der Waals surface area contributed by atoms with Crippen LogP contribution >= 0.6 is 0 Å². The van der Waals surface area contributed by atoms with E-state index in [9.17, 15) is 9.90 Å². The van der Waals surface area contributed by atoms with Crippen molar-refractivity contribution in [2.24, 2.45) is 13.0 Å². The van der Waals surface area contributed by atoms with E-state index in [2.05, 4.69) is 32.9 Å². The maximum atomic E-state index is 12.6. The van der Waals surface area contributed by atoms with Crippen molar-refractivity contribution >= 4 is 5.78 Å². The van der Waals surface area contributed by atoms with Crippen molar-refractivity contribution in [2.75, 3.05) is 13.1 Å². The lowest BCUT2D eigenvalue weighted by Gasteiger charge is -2.41. The van der Waals surface area contributed by atoms with Crippen LogP contribution in [-0.4, -0.2) is 56.1 Å².